The van der Waals surface area contributed by atoms with Gasteiger partial charge < -0.3 is 0 Å². The summed E-state index contributed by atoms with van der Waals surface area (Å²) in [5.74, 6) is 0. The monoisotopic (exact) mass is 323 g/mol. The van der Waals surface area contributed by atoms with Crippen molar-refractivity contribution in [3.8, 4) is 0 Å². The van der Waals surface area contributed by atoms with E-state index in [4.69, 9.17) is 11.6 Å². The Bertz CT molecular complexity index is 704. The topological polar surface area (TPSA) is 37.4 Å². The van der Waals surface area contributed by atoms with Gasteiger partial charge in [0.25, 0.3) is 0 Å². The van der Waals surface area contributed by atoms with E-state index in [1.165, 1.54) is 18.4 Å². The number of piperidine rings is 1. The number of hydrogen-bond acceptors (Lipinski definition) is 2. The number of allylic oxidation sites excluding steroid dienone is 1. The predicted octanol–water partition coefficient (Wildman–Crippen LogP) is 3.75. The van der Waals surface area contributed by atoms with Gasteiger partial charge in [0, 0.05) is 12.1 Å². The van der Waals surface area contributed by atoms with Crippen molar-refractivity contribution in [2.45, 2.75) is 55.5 Å². The highest BCUT2D eigenvalue weighted by Crippen LogP contribution is 2.46. The zero-order valence-electron chi connectivity index (χ0n) is 11.8. The lowest BCUT2D eigenvalue weighted by molar-refractivity contribution is 0.284. The SMILES string of the molecule is O=S(=O)(c1ccccc1Cl)N1C2CCC1CC(=C1CC1)C2. The molecule has 0 aromatic heterocycles. The molecular formula is C16H18ClNO2S. The molecule has 1 aliphatic carbocycles. The summed E-state index contributed by atoms with van der Waals surface area (Å²) in [6, 6.07) is 7.04. The van der Waals surface area contributed by atoms with Gasteiger partial charge in [-0.05, 0) is 50.7 Å². The molecule has 2 aliphatic heterocycles. The number of fused-ring (bicyclic) bond motifs is 2. The summed E-state index contributed by atoms with van der Waals surface area (Å²) >= 11 is 6.12. The van der Waals surface area contributed by atoms with Crippen molar-refractivity contribution in [2.75, 3.05) is 0 Å². The van der Waals surface area contributed by atoms with Gasteiger partial charge in [0.15, 0.2) is 0 Å². The highest BCUT2D eigenvalue weighted by Gasteiger charge is 2.47. The van der Waals surface area contributed by atoms with Crippen LogP contribution in [0.1, 0.15) is 38.5 Å². The summed E-state index contributed by atoms with van der Waals surface area (Å²) in [6.45, 7) is 0. The summed E-state index contributed by atoms with van der Waals surface area (Å²) < 4.78 is 27.7. The predicted molar refractivity (Wildman–Crippen MR) is 82.8 cm³/mol. The van der Waals surface area contributed by atoms with Gasteiger partial charge in [-0.1, -0.05) is 34.9 Å². The summed E-state index contributed by atoms with van der Waals surface area (Å²) in [4.78, 5) is 0.256. The maximum Gasteiger partial charge on any atom is 0.245 e. The fraction of sp³-hybridized carbons (Fsp3) is 0.500. The Labute approximate surface area is 130 Å². The summed E-state index contributed by atoms with van der Waals surface area (Å²) in [5.41, 5.74) is 3.12. The minimum absolute atomic E-state index is 0.133. The number of benzene rings is 1. The van der Waals surface area contributed by atoms with Gasteiger partial charge in [0.05, 0.1) is 5.02 Å². The molecule has 3 fully saturated rings. The maximum atomic E-state index is 13.0. The van der Waals surface area contributed by atoms with Crippen LogP contribution in [0.25, 0.3) is 0 Å². The molecule has 0 spiro atoms. The third kappa shape index (κ3) is 2.24. The van der Waals surface area contributed by atoms with Gasteiger partial charge in [-0.3, -0.25) is 0 Å². The third-order valence-electron chi connectivity index (χ3n) is 4.91. The van der Waals surface area contributed by atoms with Gasteiger partial charge in [-0.25, -0.2) is 8.42 Å². The van der Waals surface area contributed by atoms with Crippen LogP contribution < -0.4 is 0 Å². The van der Waals surface area contributed by atoms with E-state index in [-0.39, 0.29) is 17.0 Å². The van der Waals surface area contributed by atoms with Gasteiger partial charge >= 0.3 is 0 Å². The first kappa shape index (κ1) is 13.8. The van der Waals surface area contributed by atoms with Gasteiger partial charge in [-0.15, -0.1) is 0 Å². The molecule has 0 radical (unpaired) electrons. The molecule has 2 atom stereocenters. The zero-order chi connectivity index (χ0) is 14.6. The van der Waals surface area contributed by atoms with Crippen LogP contribution in [0.5, 0.6) is 0 Å². The highest BCUT2D eigenvalue weighted by molar-refractivity contribution is 7.89. The Balaban J connectivity index is 1.71. The molecule has 21 heavy (non-hydrogen) atoms. The molecule has 1 aromatic rings. The molecular weight excluding hydrogens is 306 g/mol. The lowest BCUT2D eigenvalue weighted by Gasteiger charge is -2.35. The molecule has 112 valence electrons. The van der Waals surface area contributed by atoms with Crippen LogP contribution in [-0.2, 0) is 10.0 Å². The van der Waals surface area contributed by atoms with E-state index in [2.05, 4.69) is 0 Å². The van der Waals surface area contributed by atoms with Crippen LogP contribution in [0.2, 0.25) is 5.02 Å². The van der Waals surface area contributed by atoms with Crippen molar-refractivity contribution in [2.24, 2.45) is 0 Å². The van der Waals surface area contributed by atoms with E-state index in [0.717, 1.165) is 25.7 Å². The van der Waals surface area contributed by atoms with E-state index < -0.39 is 10.0 Å². The van der Waals surface area contributed by atoms with Crippen LogP contribution in [0.4, 0.5) is 0 Å². The molecule has 1 saturated carbocycles. The molecule has 2 saturated heterocycles. The second kappa shape index (κ2) is 4.83. The van der Waals surface area contributed by atoms with E-state index in [1.54, 1.807) is 34.1 Å². The van der Waals surface area contributed by atoms with Crippen molar-refractivity contribution >= 4 is 21.6 Å². The lowest BCUT2D eigenvalue weighted by atomic mass is 9.98. The Morgan fingerprint density at radius 3 is 2.19 bits per heavy atom. The van der Waals surface area contributed by atoms with Gasteiger partial charge in [0.1, 0.15) is 4.90 Å². The molecule has 0 amide bonds. The summed E-state index contributed by atoms with van der Waals surface area (Å²) in [7, 11) is -3.48. The molecule has 0 N–H and O–H groups in total. The van der Waals surface area contributed by atoms with Crippen LogP contribution in [-0.4, -0.2) is 24.8 Å². The minimum Gasteiger partial charge on any atom is -0.207 e. The Hall–Kier alpha value is -0.840. The average molecular weight is 324 g/mol. The Kier molecular flexibility index (Phi) is 3.18. The first-order valence-electron chi connectivity index (χ1n) is 7.55. The number of halogens is 1. The number of sulfonamides is 1. The molecule has 4 rings (SSSR count). The number of nitrogens with zero attached hydrogens (tertiary/aromatic N) is 1. The van der Waals surface area contributed by atoms with Crippen molar-refractivity contribution in [1.82, 2.24) is 4.31 Å². The molecule has 5 heteroatoms. The average Bonchev–Trinajstić information content (AvgIpc) is 3.25. The fourth-order valence-corrected chi connectivity index (χ4v) is 6.20. The zero-order valence-corrected chi connectivity index (χ0v) is 13.3. The first-order chi connectivity index (χ1) is 10.1. The van der Waals surface area contributed by atoms with Crippen LogP contribution in [0.3, 0.4) is 0 Å². The maximum absolute atomic E-state index is 13.0. The highest BCUT2D eigenvalue weighted by atomic mass is 35.5. The van der Waals surface area contributed by atoms with E-state index >= 15 is 0 Å². The van der Waals surface area contributed by atoms with Crippen LogP contribution in [0.15, 0.2) is 40.3 Å². The Morgan fingerprint density at radius 2 is 1.62 bits per heavy atom. The molecule has 2 unspecified atom stereocenters. The fourth-order valence-electron chi connectivity index (χ4n) is 3.84. The number of hydrogen-bond donors (Lipinski definition) is 0. The molecule has 3 aliphatic rings. The molecule has 2 bridgehead atoms. The smallest absolute Gasteiger partial charge is 0.207 e. The van der Waals surface area contributed by atoms with Crippen LogP contribution >= 0.6 is 11.6 Å². The first-order valence-corrected chi connectivity index (χ1v) is 9.37. The van der Waals surface area contributed by atoms with E-state index in [9.17, 15) is 8.42 Å². The van der Waals surface area contributed by atoms with Crippen molar-refractivity contribution < 1.29 is 8.42 Å². The third-order valence-corrected chi connectivity index (χ3v) is 7.41. The standard InChI is InChI=1S/C16H18ClNO2S/c17-15-3-1-2-4-16(15)21(19,20)18-13-7-8-14(18)10-12(9-13)11-5-6-11/h1-4,13-14H,5-10H2. The van der Waals surface area contributed by atoms with Crippen molar-refractivity contribution in [3.05, 3.63) is 40.4 Å². The van der Waals surface area contributed by atoms with Crippen molar-refractivity contribution in [1.29, 1.82) is 0 Å². The minimum atomic E-state index is -3.48. The number of rotatable bonds is 2. The molecule has 2 heterocycles. The second-order valence-corrected chi connectivity index (χ2v) is 8.48. The second-order valence-electron chi connectivity index (χ2n) is 6.27. The summed E-state index contributed by atoms with van der Waals surface area (Å²) in [5, 5.41) is 0.322. The van der Waals surface area contributed by atoms with E-state index in [0.29, 0.717) is 5.02 Å². The van der Waals surface area contributed by atoms with Gasteiger partial charge in [-0.2, -0.15) is 4.31 Å². The van der Waals surface area contributed by atoms with Gasteiger partial charge in [0.2, 0.25) is 10.0 Å². The van der Waals surface area contributed by atoms with E-state index in [1.807, 2.05) is 0 Å². The quantitative estimate of drug-likeness (QED) is 0.777. The summed E-state index contributed by atoms with van der Waals surface area (Å²) in [6.07, 6.45) is 6.26. The molecule has 1 aromatic carbocycles. The lowest BCUT2D eigenvalue weighted by Crippen LogP contribution is -2.44. The van der Waals surface area contributed by atoms with Crippen molar-refractivity contribution in [3.63, 3.8) is 0 Å². The normalized spacial score (nSPS) is 29.0. The largest absolute Gasteiger partial charge is 0.245 e. The van der Waals surface area contributed by atoms with Crippen LogP contribution in [0, 0.1) is 0 Å². The Morgan fingerprint density at radius 1 is 1.00 bits per heavy atom. The molecule has 3 nitrogen and oxygen atoms in total.